The van der Waals surface area contributed by atoms with Crippen LogP contribution in [0.25, 0.3) is 0 Å². The molecule has 0 spiro atoms. The molecule has 1 unspecified atom stereocenters. The second kappa shape index (κ2) is 12.6. The molecular weight excluding hydrogens is 276 g/mol. The monoisotopic (exact) mass is 308 g/mol. The highest BCUT2D eigenvalue weighted by atomic mass is 16.8. The molecule has 0 aromatic heterocycles. The SMILES string of the molecule is CCCCCCCCC(Cc1ccccc1)OC(OC)OC. The van der Waals surface area contributed by atoms with E-state index in [1.54, 1.807) is 14.2 Å². The lowest BCUT2D eigenvalue weighted by Crippen LogP contribution is -2.27. The second-order valence-electron chi connectivity index (χ2n) is 5.76. The molecule has 0 saturated heterocycles. The van der Waals surface area contributed by atoms with Crippen LogP contribution >= 0.6 is 0 Å². The van der Waals surface area contributed by atoms with Crippen LogP contribution < -0.4 is 0 Å². The van der Waals surface area contributed by atoms with Gasteiger partial charge in [0.15, 0.2) is 0 Å². The molecule has 0 bridgehead atoms. The predicted octanol–water partition coefficient (Wildman–Crippen LogP) is 4.94. The Labute approximate surface area is 136 Å². The Morgan fingerprint density at radius 2 is 1.50 bits per heavy atom. The van der Waals surface area contributed by atoms with Crippen LogP contribution in [0.4, 0.5) is 0 Å². The van der Waals surface area contributed by atoms with Crippen LogP contribution in [-0.2, 0) is 20.6 Å². The summed E-state index contributed by atoms with van der Waals surface area (Å²) in [5, 5.41) is 0. The fourth-order valence-electron chi connectivity index (χ4n) is 2.61. The molecule has 1 aromatic carbocycles. The Bertz CT molecular complexity index is 349. The lowest BCUT2D eigenvalue weighted by molar-refractivity contribution is -0.284. The van der Waals surface area contributed by atoms with Gasteiger partial charge in [-0.05, 0) is 18.4 Å². The molecule has 1 rings (SSSR count). The van der Waals surface area contributed by atoms with Gasteiger partial charge in [-0.1, -0.05) is 75.8 Å². The van der Waals surface area contributed by atoms with Gasteiger partial charge in [-0.25, -0.2) is 0 Å². The Kier molecular flexibility index (Phi) is 11.0. The third-order valence-electron chi connectivity index (χ3n) is 3.87. The standard InChI is InChI=1S/C19H32O3/c1-4-5-6-7-8-12-15-18(22-19(20-2)21-3)16-17-13-10-9-11-14-17/h9-11,13-14,18-19H,4-8,12,15-16H2,1-3H3. The van der Waals surface area contributed by atoms with Gasteiger partial charge in [0.05, 0.1) is 6.10 Å². The van der Waals surface area contributed by atoms with Gasteiger partial charge in [0.2, 0.25) is 0 Å². The predicted molar refractivity (Wildman–Crippen MR) is 90.8 cm³/mol. The molecule has 0 saturated carbocycles. The zero-order chi connectivity index (χ0) is 16.0. The first-order valence-electron chi connectivity index (χ1n) is 8.55. The molecule has 0 amide bonds. The van der Waals surface area contributed by atoms with Gasteiger partial charge in [-0.2, -0.15) is 0 Å². The molecule has 126 valence electrons. The molecule has 0 aliphatic rings. The molecule has 22 heavy (non-hydrogen) atoms. The maximum Gasteiger partial charge on any atom is 0.271 e. The molecule has 1 atom stereocenters. The van der Waals surface area contributed by atoms with Crippen molar-refractivity contribution in [3.63, 3.8) is 0 Å². The van der Waals surface area contributed by atoms with Crippen LogP contribution in [0.5, 0.6) is 0 Å². The maximum absolute atomic E-state index is 5.94. The van der Waals surface area contributed by atoms with E-state index in [1.807, 2.05) is 6.07 Å². The van der Waals surface area contributed by atoms with Crippen molar-refractivity contribution in [3.05, 3.63) is 35.9 Å². The Hall–Kier alpha value is -0.900. The number of ether oxygens (including phenoxy) is 3. The van der Waals surface area contributed by atoms with Gasteiger partial charge in [-0.3, -0.25) is 0 Å². The van der Waals surface area contributed by atoms with Gasteiger partial charge in [0.1, 0.15) is 0 Å². The molecule has 1 aromatic rings. The smallest absolute Gasteiger partial charge is 0.271 e. The molecule has 0 radical (unpaired) electrons. The number of methoxy groups -OCH3 is 2. The first kappa shape index (κ1) is 19.1. The van der Waals surface area contributed by atoms with Crippen molar-refractivity contribution in [2.75, 3.05) is 14.2 Å². The van der Waals surface area contributed by atoms with E-state index in [4.69, 9.17) is 14.2 Å². The molecule has 3 heteroatoms. The van der Waals surface area contributed by atoms with E-state index >= 15 is 0 Å². The highest BCUT2D eigenvalue weighted by Gasteiger charge is 2.16. The second-order valence-corrected chi connectivity index (χ2v) is 5.76. The molecule has 0 N–H and O–H groups in total. The third-order valence-corrected chi connectivity index (χ3v) is 3.87. The quantitative estimate of drug-likeness (QED) is 0.381. The first-order valence-corrected chi connectivity index (χ1v) is 8.55. The topological polar surface area (TPSA) is 27.7 Å². The lowest BCUT2D eigenvalue weighted by atomic mass is 10.0. The summed E-state index contributed by atoms with van der Waals surface area (Å²) in [4.78, 5) is 0. The van der Waals surface area contributed by atoms with E-state index in [1.165, 1.54) is 44.1 Å². The van der Waals surface area contributed by atoms with E-state index in [2.05, 4.69) is 31.2 Å². The van der Waals surface area contributed by atoms with E-state index in [0.717, 1.165) is 12.8 Å². The fraction of sp³-hybridized carbons (Fsp3) is 0.684. The number of rotatable bonds is 13. The van der Waals surface area contributed by atoms with Gasteiger partial charge in [0.25, 0.3) is 6.48 Å². The third kappa shape index (κ3) is 8.52. The first-order chi connectivity index (χ1) is 10.8. The lowest BCUT2D eigenvalue weighted by Gasteiger charge is -2.23. The average molecular weight is 308 g/mol. The van der Waals surface area contributed by atoms with Gasteiger partial charge < -0.3 is 14.2 Å². The van der Waals surface area contributed by atoms with Crippen molar-refractivity contribution >= 4 is 0 Å². The van der Waals surface area contributed by atoms with Crippen LogP contribution in [0.15, 0.2) is 30.3 Å². The summed E-state index contributed by atoms with van der Waals surface area (Å²) in [6.07, 6.45) is 9.87. The maximum atomic E-state index is 5.94. The Morgan fingerprint density at radius 1 is 0.864 bits per heavy atom. The van der Waals surface area contributed by atoms with E-state index in [0.29, 0.717) is 0 Å². The highest BCUT2D eigenvalue weighted by Crippen LogP contribution is 2.16. The zero-order valence-corrected chi connectivity index (χ0v) is 14.4. The normalized spacial score (nSPS) is 12.7. The summed E-state index contributed by atoms with van der Waals surface area (Å²) in [7, 11) is 3.22. The zero-order valence-electron chi connectivity index (χ0n) is 14.4. The van der Waals surface area contributed by atoms with Gasteiger partial charge in [-0.15, -0.1) is 0 Å². The summed E-state index contributed by atoms with van der Waals surface area (Å²) in [6, 6.07) is 10.5. The highest BCUT2D eigenvalue weighted by molar-refractivity contribution is 5.15. The van der Waals surface area contributed by atoms with Crippen molar-refractivity contribution in [2.24, 2.45) is 0 Å². The summed E-state index contributed by atoms with van der Waals surface area (Å²) in [5.74, 6) is 0. The van der Waals surface area contributed by atoms with E-state index in [9.17, 15) is 0 Å². The summed E-state index contributed by atoms with van der Waals surface area (Å²) in [6.45, 7) is 1.67. The Balaban J connectivity index is 2.40. The minimum atomic E-state index is -0.575. The van der Waals surface area contributed by atoms with E-state index in [-0.39, 0.29) is 6.10 Å². The summed E-state index contributed by atoms with van der Waals surface area (Å²) >= 11 is 0. The van der Waals surface area contributed by atoms with Crippen LogP contribution in [0.3, 0.4) is 0 Å². The van der Waals surface area contributed by atoms with Gasteiger partial charge in [0, 0.05) is 14.2 Å². The largest absolute Gasteiger partial charge is 0.333 e. The summed E-state index contributed by atoms with van der Waals surface area (Å²) in [5.41, 5.74) is 1.30. The van der Waals surface area contributed by atoms with Crippen molar-refractivity contribution in [1.82, 2.24) is 0 Å². The van der Waals surface area contributed by atoms with E-state index < -0.39 is 6.48 Å². The van der Waals surface area contributed by atoms with Crippen molar-refractivity contribution in [2.45, 2.75) is 70.9 Å². The molecule has 0 fully saturated rings. The van der Waals surface area contributed by atoms with Crippen LogP contribution in [-0.4, -0.2) is 26.8 Å². The number of unbranched alkanes of at least 4 members (excludes halogenated alkanes) is 5. The van der Waals surface area contributed by atoms with Crippen molar-refractivity contribution in [1.29, 1.82) is 0 Å². The number of hydrogen-bond donors (Lipinski definition) is 0. The van der Waals surface area contributed by atoms with Crippen LogP contribution in [0.1, 0.15) is 57.4 Å². The summed E-state index contributed by atoms with van der Waals surface area (Å²) < 4.78 is 16.3. The molecular formula is C19H32O3. The molecule has 3 nitrogen and oxygen atoms in total. The Morgan fingerprint density at radius 3 is 2.14 bits per heavy atom. The molecule has 0 heterocycles. The molecule has 0 aliphatic carbocycles. The number of benzene rings is 1. The molecule has 0 aliphatic heterocycles. The minimum absolute atomic E-state index is 0.137. The van der Waals surface area contributed by atoms with Crippen LogP contribution in [0.2, 0.25) is 0 Å². The van der Waals surface area contributed by atoms with Crippen molar-refractivity contribution < 1.29 is 14.2 Å². The van der Waals surface area contributed by atoms with Gasteiger partial charge >= 0.3 is 0 Å². The fourth-order valence-corrected chi connectivity index (χ4v) is 2.61. The van der Waals surface area contributed by atoms with Crippen molar-refractivity contribution in [3.8, 4) is 0 Å². The number of hydrogen-bond acceptors (Lipinski definition) is 3. The van der Waals surface area contributed by atoms with Crippen LogP contribution in [0, 0.1) is 0 Å². The average Bonchev–Trinajstić information content (AvgIpc) is 2.56. The minimum Gasteiger partial charge on any atom is -0.333 e.